The summed E-state index contributed by atoms with van der Waals surface area (Å²) in [5.74, 6) is -1.56. The molecule has 2 unspecified atom stereocenters. The molecular weight excluding hydrogens is 242 g/mol. The maximum absolute atomic E-state index is 13.5. The minimum absolute atomic E-state index is 0.00171. The van der Waals surface area contributed by atoms with E-state index in [0.717, 1.165) is 25.3 Å². The molecule has 1 aromatic carbocycles. The maximum atomic E-state index is 13.5. The SMILES string of the molecule is CC1CCCC1Nc1cc([N+](=O)[O-])c(F)cc1F. The van der Waals surface area contributed by atoms with Crippen LogP contribution in [0.25, 0.3) is 0 Å². The zero-order valence-corrected chi connectivity index (χ0v) is 9.95. The molecule has 18 heavy (non-hydrogen) atoms. The van der Waals surface area contributed by atoms with E-state index in [2.05, 4.69) is 5.32 Å². The van der Waals surface area contributed by atoms with E-state index in [4.69, 9.17) is 0 Å². The number of halogens is 2. The minimum Gasteiger partial charge on any atom is -0.379 e. The first kappa shape index (κ1) is 12.7. The number of anilines is 1. The second-order valence-corrected chi connectivity index (χ2v) is 4.70. The summed E-state index contributed by atoms with van der Waals surface area (Å²) >= 11 is 0. The van der Waals surface area contributed by atoms with Crippen molar-refractivity contribution in [1.29, 1.82) is 0 Å². The smallest absolute Gasteiger partial charge is 0.307 e. The first-order chi connectivity index (χ1) is 8.49. The van der Waals surface area contributed by atoms with Gasteiger partial charge in [-0.25, -0.2) is 4.39 Å². The monoisotopic (exact) mass is 256 g/mol. The van der Waals surface area contributed by atoms with E-state index >= 15 is 0 Å². The Morgan fingerprint density at radius 1 is 1.33 bits per heavy atom. The van der Waals surface area contributed by atoms with Gasteiger partial charge in [-0.2, -0.15) is 4.39 Å². The van der Waals surface area contributed by atoms with Gasteiger partial charge >= 0.3 is 5.69 Å². The second kappa shape index (κ2) is 4.88. The Morgan fingerprint density at radius 2 is 2.06 bits per heavy atom. The largest absolute Gasteiger partial charge is 0.379 e. The molecule has 0 radical (unpaired) electrons. The molecule has 0 saturated heterocycles. The normalized spacial score (nSPS) is 23.1. The van der Waals surface area contributed by atoms with Crippen molar-refractivity contribution >= 4 is 11.4 Å². The molecule has 6 heteroatoms. The van der Waals surface area contributed by atoms with E-state index in [0.29, 0.717) is 12.0 Å². The lowest BCUT2D eigenvalue weighted by Crippen LogP contribution is -2.22. The van der Waals surface area contributed by atoms with Crippen LogP contribution in [0, 0.1) is 27.7 Å². The van der Waals surface area contributed by atoms with Crippen LogP contribution in [-0.2, 0) is 0 Å². The molecule has 98 valence electrons. The molecule has 0 heterocycles. The van der Waals surface area contributed by atoms with Crippen LogP contribution in [0.1, 0.15) is 26.2 Å². The van der Waals surface area contributed by atoms with Crippen LogP contribution in [0.3, 0.4) is 0 Å². The van der Waals surface area contributed by atoms with Crippen molar-refractivity contribution in [2.45, 2.75) is 32.2 Å². The molecule has 1 saturated carbocycles. The van der Waals surface area contributed by atoms with Gasteiger partial charge in [-0.3, -0.25) is 10.1 Å². The zero-order chi connectivity index (χ0) is 13.3. The zero-order valence-electron chi connectivity index (χ0n) is 9.95. The lowest BCUT2D eigenvalue weighted by Gasteiger charge is -2.18. The number of hydrogen-bond donors (Lipinski definition) is 1. The van der Waals surface area contributed by atoms with Gasteiger partial charge in [0.05, 0.1) is 10.6 Å². The van der Waals surface area contributed by atoms with Crippen LogP contribution in [0.4, 0.5) is 20.2 Å². The Bertz CT molecular complexity index is 479. The highest BCUT2D eigenvalue weighted by Crippen LogP contribution is 2.31. The van der Waals surface area contributed by atoms with Gasteiger partial charge in [0.1, 0.15) is 5.82 Å². The second-order valence-electron chi connectivity index (χ2n) is 4.70. The Kier molecular flexibility index (Phi) is 3.45. The summed E-state index contributed by atoms with van der Waals surface area (Å²) in [5.41, 5.74) is -0.702. The van der Waals surface area contributed by atoms with Crippen molar-refractivity contribution in [2.75, 3.05) is 5.32 Å². The van der Waals surface area contributed by atoms with Crippen LogP contribution in [0.15, 0.2) is 12.1 Å². The van der Waals surface area contributed by atoms with E-state index < -0.39 is 22.2 Å². The third-order valence-electron chi connectivity index (χ3n) is 3.44. The lowest BCUT2D eigenvalue weighted by atomic mass is 10.1. The van der Waals surface area contributed by atoms with E-state index in [9.17, 15) is 18.9 Å². The fourth-order valence-electron chi connectivity index (χ4n) is 2.35. The van der Waals surface area contributed by atoms with Crippen molar-refractivity contribution in [2.24, 2.45) is 5.92 Å². The van der Waals surface area contributed by atoms with Crippen LogP contribution in [0.5, 0.6) is 0 Å². The van der Waals surface area contributed by atoms with Gasteiger partial charge in [0, 0.05) is 18.2 Å². The van der Waals surface area contributed by atoms with Crippen molar-refractivity contribution in [3.8, 4) is 0 Å². The fraction of sp³-hybridized carbons (Fsp3) is 0.500. The molecule has 0 aromatic heterocycles. The van der Waals surface area contributed by atoms with Crippen LogP contribution >= 0.6 is 0 Å². The number of nitro benzene ring substituents is 1. The highest BCUT2D eigenvalue weighted by molar-refractivity contribution is 5.53. The molecule has 1 fully saturated rings. The Balaban J connectivity index is 2.27. The summed E-state index contributed by atoms with van der Waals surface area (Å²) in [6, 6.07) is 1.57. The van der Waals surface area contributed by atoms with Gasteiger partial charge in [-0.15, -0.1) is 0 Å². The standard InChI is InChI=1S/C12H14F2N2O2/c1-7-3-2-4-10(7)15-11-6-12(16(17)18)9(14)5-8(11)13/h5-7,10,15H,2-4H2,1H3. The van der Waals surface area contributed by atoms with E-state index in [1.54, 1.807) is 0 Å². The predicted molar refractivity (Wildman–Crippen MR) is 63.4 cm³/mol. The number of nitrogens with zero attached hydrogens (tertiary/aromatic N) is 1. The first-order valence-electron chi connectivity index (χ1n) is 5.89. The van der Waals surface area contributed by atoms with Crippen molar-refractivity contribution in [1.82, 2.24) is 0 Å². The van der Waals surface area contributed by atoms with E-state index in [1.165, 1.54) is 0 Å². The Labute approximate surface area is 103 Å². The minimum atomic E-state index is -1.15. The number of rotatable bonds is 3. The first-order valence-corrected chi connectivity index (χ1v) is 5.89. The molecule has 0 amide bonds. The molecule has 0 bridgehead atoms. The highest BCUT2D eigenvalue weighted by atomic mass is 19.1. The molecule has 1 aliphatic rings. The van der Waals surface area contributed by atoms with Crippen LogP contribution < -0.4 is 5.32 Å². The third kappa shape index (κ3) is 2.42. The summed E-state index contributed by atoms with van der Waals surface area (Å²) < 4.78 is 26.7. The molecule has 1 N–H and O–H groups in total. The quantitative estimate of drug-likeness (QED) is 0.665. The molecule has 0 spiro atoms. The van der Waals surface area contributed by atoms with Gasteiger partial charge in [-0.1, -0.05) is 13.3 Å². The van der Waals surface area contributed by atoms with Crippen molar-refractivity contribution < 1.29 is 13.7 Å². The summed E-state index contributed by atoms with van der Waals surface area (Å²) in [7, 11) is 0. The lowest BCUT2D eigenvalue weighted by molar-refractivity contribution is -0.387. The highest BCUT2D eigenvalue weighted by Gasteiger charge is 2.25. The van der Waals surface area contributed by atoms with Gasteiger partial charge in [0.25, 0.3) is 0 Å². The molecular formula is C12H14F2N2O2. The third-order valence-corrected chi connectivity index (χ3v) is 3.44. The number of hydrogen-bond acceptors (Lipinski definition) is 3. The average Bonchev–Trinajstić information content (AvgIpc) is 2.67. The summed E-state index contributed by atoms with van der Waals surface area (Å²) in [6.45, 7) is 2.04. The van der Waals surface area contributed by atoms with Crippen molar-refractivity contribution in [3.05, 3.63) is 33.9 Å². The van der Waals surface area contributed by atoms with Gasteiger partial charge in [-0.05, 0) is 18.8 Å². The predicted octanol–water partition coefficient (Wildman–Crippen LogP) is 3.47. The van der Waals surface area contributed by atoms with Gasteiger partial charge in [0.2, 0.25) is 5.82 Å². The molecule has 2 atom stereocenters. The fourth-order valence-corrected chi connectivity index (χ4v) is 2.35. The summed E-state index contributed by atoms with van der Waals surface area (Å²) in [6.07, 6.45) is 2.98. The molecule has 0 aliphatic heterocycles. The molecule has 4 nitrogen and oxygen atoms in total. The van der Waals surface area contributed by atoms with Crippen LogP contribution in [-0.4, -0.2) is 11.0 Å². The number of benzene rings is 1. The van der Waals surface area contributed by atoms with Crippen molar-refractivity contribution in [3.63, 3.8) is 0 Å². The van der Waals surface area contributed by atoms with Gasteiger partial charge in [0.15, 0.2) is 0 Å². The Morgan fingerprint density at radius 3 is 2.61 bits per heavy atom. The average molecular weight is 256 g/mol. The van der Waals surface area contributed by atoms with E-state index in [-0.39, 0.29) is 11.7 Å². The Hall–Kier alpha value is -1.72. The van der Waals surface area contributed by atoms with E-state index in [1.807, 2.05) is 6.92 Å². The molecule has 1 aromatic rings. The van der Waals surface area contributed by atoms with Crippen LogP contribution in [0.2, 0.25) is 0 Å². The molecule has 1 aliphatic carbocycles. The maximum Gasteiger partial charge on any atom is 0.307 e. The molecule has 2 rings (SSSR count). The van der Waals surface area contributed by atoms with Gasteiger partial charge < -0.3 is 5.32 Å². The number of nitro groups is 1. The summed E-state index contributed by atoms with van der Waals surface area (Å²) in [4.78, 5) is 9.75. The summed E-state index contributed by atoms with van der Waals surface area (Å²) in [5, 5.41) is 13.5. The number of nitrogens with one attached hydrogen (secondary N) is 1. The topological polar surface area (TPSA) is 55.2 Å².